The van der Waals surface area contributed by atoms with E-state index in [1.807, 2.05) is 12.1 Å². The molecule has 0 aliphatic rings. The molecule has 0 bridgehead atoms. The normalized spacial score (nSPS) is 12.2. The molecule has 0 aliphatic heterocycles. The van der Waals surface area contributed by atoms with Crippen LogP contribution in [0, 0.1) is 5.92 Å². The molecule has 0 N–H and O–H groups in total. The predicted molar refractivity (Wildman–Crippen MR) is 68.5 cm³/mol. The lowest BCUT2D eigenvalue weighted by molar-refractivity contribution is 0.414. The number of hydrogen-bond donors (Lipinski definition) is 0. The van der Waals surface area contributed by atoms with Crippen molar-refractivity contribution in [2.45, 2.75) is 19.8 Å². The third-order valence-electron chi connectivity index (χ3n) is 2.56. The first-order valence-corrected chi connectivity index (χ1v) is 5.90. The predicted octanol–water partition coefficient (Wildman–Crippen LogP) is 4.17. The van der Waals surface area contributed by atoms with E-state index >= 15 is 0 Å². The minimum Gasteiger partial charge on any atom is -0.497 e. The van der Waals surface area contributed by atoms with Crippen LogP contribution < -0.4 is 4.74 Å². The summed E-state index contributed by atoms with van der Waals surface area (Å²) >= 11 is 3.42. The van der Waals surface area contributed by atoms with Gasteiger partial charge in [0.25, 0.3) is 0 Å². The van der Waals surface area contributed by atoms with Crippen molar-refractivity contribution in [3.05, 3.63) is 40.9 Å². The second kappa shape index (κ2) is 5.96. The number of hydrogen-bond acceptors (Lipinski definition) is 1. The number of benzene rings is 1. The van der Waals surface area contributed by atoms with Crippen LogP contribution in [0.5, 0.6) is 5.75 Å². The summed E-state index contributed by atoms with van der Waals surface area (Å²) in [6, 6.07) is 8.23. The van der Waals surface area contributed by atoms with Crippen LogP contribution in [0.1, 0.15) is 18.9 Å². The van der Waals surface area contributed by atoms with E-state index in [0.29, 0.717) is 5.92 Å². The number of halogens is 1. The van der Waals surface area contributed by atoms with Crippen molar-refractivity contribution in [1.82, 2.24) is 0 Å². The van der Waals surface area contributed by atoms with Crippen LogP contribution in [0.4, 0.5) is 0 Å². The van der Waals surface area contributed by atoms with Gasteiger partial charge in [0.05, 0.1) is 7.11 Å². The monoisotopic (exact) mass is 268 g/mol. The van der Waals surface area contributed by atoms with Crippen LogP contribution in [0.2, 0.25) is 0 Å². The van der Waals surface area contributed by atoms with Gasteiger partial charge in [0.15, 0.2) is 0 Å². The molecular formula is C13H17BrO. The van der Waals surface area contributed by atoms with Gasteiger partial charge >= 0.3 is 0 Å². The molecule has 1 aromatic rings. The second-order valence-electron chi connectivity index (χ2n) is 3.73. The smallest absolute Gasteiger partial charge is 0.118 e. The summed E-state index contributed by atoms with van der Waals surface area (Å²) in [6.45, 7) is 6.07. The van der Waals surface area contributed by atoms with E-state index in [2.05, 4.69) is 41.6 Å². The summed E-state index contributed by atoms with van der Waals surface area (Å²) in [5.74, 6) is 1.43. The average Bonchev–Trinajstić information content (AvgIpc) is 2.26. The highest BCUT2D eigenvalue weighted by Gasteiger charge is 2.04. The fourth-order valence-electron chi connectivity index (χ4n) is 1.33. The average molecular weight is 269 g/mol. The first-order valence-electron chi connectivity index (χ1n) is 5.10. The summed E-state index contributed by atoms with van der Waals surface area (Å²) in [7, 11) is 1.69. The Labute approximate surface area is 100 Å². The molecule has 0 spiro atoms. The molecule has 1 nitrogen and oxygen atoms in total. The highest BCUT2D eigenvalue weighted by atomic mass is 79.9. The highest BCUT2D eigenvalue weighted by molar-refractivity contribution is 9.11. The third-order valence-corrected chi connectivity index (χ3v) is 3.34. The molecule has 0 heterocycles. The Hall–Kier alpha value is -0.760. The number of ether oxygens (including phenoxy) is 1. The van der Waals surface area contributed by atoms with Gasteiger partial charge in [-0.3, -0.25) is 0 Å². The minimum atomic E-state index is 0.520. The van der Waals surface area contributed by atoms with Gasteiger partial charge in [0, 0.05) is 0 Å². The lowest BCUT2D eigenvalue weighted by Gasteiger charge is -2.09. The maximum Gasteiger partial charge on any atom is 0.118 e. The largest absolute Gasteiger partial charge is 0.497 e. The Bertz CT molecular complexity index is 316. The second-order valence-corrected chi connectivity index (χ2v) is 4.75. The van der Waals surface area contributed by atoms with E-state index in [0.717, 1.165) is 23.1 Å². The zero-order valence-electron chi connectivity index (χ0n) is 9.29. The summed E-state index contributed by atoms with van der Waals surface area (Å²) in [4.78, 5) is 0. The Morgan fingerprint density at radius 2 is 2.00 bits per heavy atom. The van der Waals surface area contributed by atoms with E-state index in [9.17, 15) is 0 Å². The molecule has 0 amide bonds. The Morgan fingerprint density at radius 3 is 2.47 bits per heavy atom. The van der Waals surface area contributed by atoms with Gasteiger partial charge in [-0.05, 0) is 40.9 Å². The van der Waals surface area contributed by atoms with Crippen LogP contribution in [0.25, 0.3) is 0 Å². The van der Waals surface area contributed by atoms with Gasteiger partial charge in [-0.15, -0.1) is 0 Å². The standard InChI is InChI=1S/C13H17BrO/c1-10(11(2)14)4-5-12-6-8-13(15-3)9-7-12/h6-10H,2,4-5H2,1,3H3/t10-/m1/s1. The summed E-state index contributed by atoms with van der Waals surface area (Å²) in [5, 5.41) is 0. The lowest BCUT2D eigenvalue weighted by Crippen LogP contribution is -1.96. The SMILES string of the molecule is C=C(Br)[C@H](C)CCc1ccc(OC)cc1. The molecule has 0 aliphatic carbocycles. The Balaban J connectivity index is 2.47. The van der Waals surface area contributed by atoms with E-state index < -0.39 is 0 Å². The molecule has 15 heavy (non-hydrogen) atoms. The van der Waals surface area contributed by atoms with E-state index in [4.69, 9.17) is 4.74 Å². The number of aryl methyl sites for hydroxylation is 1. The van der Waals surface area contributed by atoms with Crippen LogP contribution >= 0.6 is 15.9 Å². The molecule has 2 heteroatoms. The molecule has 0 aromatic heterocycles. The van der Waals surface area contributed by atoms with Crippen LogP contribution in [0.3, 0.4) is 0 Å². The first kappa shape index (κ1) is 12.3. The number of allylic oxidation sites excluding steroid dienone is 1. The summed E-state index contributed by atoms with van der Waals surface area (Å²) < 4.78 is 6.19. The number of methoxy groups -OCH3 is 1. The molecule has 0 unspecified atom stereocenters. The topological polar surface area (TPSA) is 9.23 Å². The molecule has 82 valence electrons. The summed E-state index contributed by atoms with van der Waals surface area (Å²) in [6.07, 6.45) is 2.20. The van der Waals surface area contributed by atoms with E-state index in [1.54, 1.807) is 7.11 Å². The third kappa shape index (κ3) is 4.08. The van der Waals surface area contributed by atoms with Crippen molar-refractivity contribution >= 4 is 15.9 Å². The van der Waals surface area contributed by atoms with Crippen LogP contribution in [0.15, 0.2) is 35.3 Å². The van der Waals surface area contributed by atoms with E-state index in [-0.39, 0.29) is 0 Å². The molecular weight excluding hydrogens is 252 g/mol. The molecule has 0 radical (unpaired) electrons. The highest BCUT2D eigenvalue weighted by Crippen LogP contribution is 2.21. The zero-order valence-corrected chi connectivity index (χ0v) is 10.9. The Kier molecular flexibility index (Phi) is 4.89. The molecule has 0 fully saturated rings. The van der Waals surface area contributed by atoms with Gasteiger partial charge in [-0.2, -0.15) is 0 Å². The van der Waals surface area contributed by atoms with Crippen molar-refractivity contribution in [3.63, 3.8) is 0 Å². The maximum absolute atomic E-state index is 5.11. The van der Waals surface area contributed by atoms with Crippen molar-refractivity contribution in [1.29, 1.82) is 0 Å². The van der Waals surface area contributed by atoms with E-state index in [1.165, 1.54) is 5.56 Å². The fraction of sp³-hybridized carbons (Fsp3) is 0.385. The molecule has 1 aromatic carbocycles. The van der Waals surface area contributed by atoms with Gasteiger partial charge in [-0.25, -0.2) is 0 Å². The van der Waals surface area contributed by atoms with Crippen molar-refractivity contribution in [2.75, 3.05) is 7.11 Å². The Morgan fingerprint density at radius 1 is 1.40 bits per heavy atom. The van der Waals surface area contributed by atoms with Crippen molar-refractivity contribution in [3.8, 4) is 5.75 Å². The molecule has 1 atom stereocenters. The molecule has 0 saturated heterocycles. The fourth-order valence-corrected chi connectivity index (χ4v) is 1.56. The first-order chi connectivity index (χ1) is 7.13. The molecule has 0 saturated carbocycles. The van der Waals surface area contributed by atoms with Gasteiger partial charge in [0.2, 0.25) is 0 Å². The van der Waals surface area contributed by atoms with Crippen molar-refractivity contribution in [2.24, 2.45) is 5.92 Å². The molecule has 1 rings (SSSR count). The van der Waals surface area contributed by atoms with Gasteiger partial charge in [0.1, 0.15) is 5.75 Å². The van der Waals surface area contributed by atoms with Gasteiger partial charge < -0.3 is 4.74 Å². The maximum atomic E-state index is 5.11. The minimum absolute atomic E-state index is 0.520. The van der Waals surface area contributed by atoms with Crippen molar-refractivity contribution < 1.29 is 4.74 Å². The van der Waals surface area contributed by atoms with Crippen LogP contribution in [-0.2, 0) is 6.42 Å². The van der Waals surface area contributed by atoms with Crippen LogP contribution in [-0.4, -0.2) is 7.11 Å². The number of rotatable bonds is 5. The lowest BCUT2D eigenvalue weighted by atomic mass is 10.0. The quantitative estimate of drug-likeness (QED) is 0.779. The van der Waals surface area contributed by atoms with Gasteiger partial charge in [-0.1, -0.05) is 41.6 Å². The zero-order chi connectivity index (χ0) is 11.3. The summed E-state index contributed by atoms with van der Waals surface area (Å²) in [5.41, 5.74) is 1.34.